The first-order valence-electron chi connectivity index (χ1n) is 10.9. The van der Waals surface area contributed by atoms with Crippen molar-refractivity contribution in [1.29, 1.82) is 0 Å². The Balaban J connectivity index is 1.73. The summed E-state index contributed by atoms with van der Waals surface area (Å²) in [5.41, 5.74) is 2.87. The standard InChI is InChI=1S/C24H24N6O5/c1-12-9-18(24(33)34)26-11-15(12)14-5-4-6-16(21(14)35-3)27-17-10-19(28-22(31)13-7-8-13)29-30-20(17)23(32)25-2/h4-6,9-11,13H,7-8H2,1-3H3,(H,25,32)(H,33,34)(H2,27,28,29,31). The van der Waals surface area contributed by atoms with Crippen molar-refractivity contribution in [1.82, 2.24) is 20.5 Å². The van der Waals surface area contributed by atoms with E-state index < -0.39 is 11.9 Å². The van der Waals surface area contributed by atoms with E-state index in [-0.39, 0.29) is 29.0 Å². The maximum atomic E-state index is 12.4. The Kier molecular flexibility index (Phi) is 6.58. The van der Waals surface area contributed by atoms with Crippen molar-refractivity contribution in [2.45, 2.75) is 19.8 Å². The number of benzene rings is 1. The van der Waals surface area contributed by atoms with Crippen LogP contribution in [0.5, 0.6) is 5.75 Å². The molecule has 2 amide bonds. The van der Waals surface area contributed by atoms with Gasteiger partial charge in [0.1, 0.15) is 11.4 Å². The molecule has 2 heterocycles. The number of para-hydroxylation sites is 1. The molecular weight excluding hydrogens is 452 g/mol. The van der Waals surface area contributed by atoms with Crippen molar-refractivity contribution in [3.8, 4) is 16.9 Å². The van der Waals surface area contributed by atoms with Crippen LogP contribution in [0.15, 0.2) is 36.5 Å². The lowest BCUT2D eigenvalue weighted by Gasteiger charge is -2.18. The fourth-order valence-electron chi connectivity index (χ4n) is 3.58. The van der Waals surface area contributed by atoms with Gasteiger partial charge in [0, 0.05) is 36.4 Å². The number of ether oxygens (including phenoxy) is 1. The van der Waals surface area contributed by atoms with Crippen molar-refractivity contribution in [3.63, 3.8) is 0 Å². The second-order valence-corrected chi connectivity index (χ2v) is 8.04. The van der Waals surface area contributed by atoms with Crippen LogP contribution in [0.2, 0.25) is 0 Å². The molecule has 1 aliphatic carbocycles. The molecule has 11 heteroatoms. The molecule has 1 aromatic carbocycles. The summed E-state index contributed by atoms with van der Waals surface area (Å²) in [6.07, 6.45) is 3.16. The minimum Gasteiger partial charge on any atom is -0.494 e. The van der Waals surface area contributed by atoms with E-state index in [1.54, 1.807) is 25.1 Å². The molecule has 4 rings (SSSR count). The van der Waals surface area contributed by atoms with Gasteiger partial charge in [0.2, 0.25) is 5.91 Å². The van der Waals surface area contributed by atoms with Crippen LogP contribution < -0.4 is 20.7 Å². The molecule has 11 nitrogen and oxygen atoms in total. The highest BCUT2D eigenvalue weighted by atomic mass is 16.5. The number of rotatable bonds is 8. The van der Waals surface area contributed by atoms with Crippen LogP contribution in [0, 0.1) is 12.8 Å². The largest absolute Gasteiger partial charge is 0.494 e. The predicted octanol–water partition coefficient (Wildman–Crippen LogP) is 3.01. The molecule has 1 aliphatic rings. The van der Waals surface area contributed by atoms with Crippen LogP contribution in [0.4, 0.5) is 17.2 Å². The maximum absolute atomic E-state index is 12.4. The van der Waals surface area contributed by atoms with Gasteiger partial charge in [-0.3, -0.25) is 9.59 Å². The average molecular weight is 476 g/mol. The van der Waals surface area contributed by atoms with E-state index in [4.69, 9.17) is 4.74 Å². The second-order valence-electron chi connectivity index (χ2n) is 8.04. The van der Waals surface area contributed by atoms with E-state index in [2.05, 4.69) is 31.1 Å². The lowest BCUT2D eigenvalue weighted by Crippen LogP contribution is -2.22. The van der Waals surface area contributed by atoms with Crippen LogP contribution in [-0.2, 0) is 4.79 Å². The Morgan fingerprint density at radius 3 is 2.49 bits per heavy atom. The SMILES string of the molecule is CNC(=O)c1nnc(NC(=O)C2CC2)cc1Nc1cccc(-c2cnc(C(=O)O)cc2C)c1OC. The number of pyridine rings is 1. The highest BCUT2D eigenvalue weighted by Crippen LogP contribution is 2.39. The normalized spacial score (nSPS) is 12.5. The van der Waals surface area contributed by atoms with E-state index in [0.717, 1.165) is 12.8 Å². The lowest BCUT2D eigenvalue weighted by atomic mass is 10.00. The zero-order chi connectivity index (χ0) is 25.1. The number of nitrogens with one attached hydrogen (secondary N) is 3. The van der Waals surface area contributed by atoms with E-state index >= 15 is 0 Å². The molecule has 1 fully saturated rings. The highest BCUT2D eigenvalue weighted by molar-refractivity contribution is 6.00. The minimum atomic E-state index is -1.11. The Morgan fingerprint density at radius 2 is 1.86 bits per heavy atom. The van der Waals surface area contributed by atoms with Crippen LogP contribution in [0.1, 0.15) is 39.4 Å². The molecule has 0 bridgehead atoms. The number of hydrogen-bond acceptors (Lipinski definition) is 8. The number of carboxylic acid groups (broad SMARTS) is 1. The maximum Gasteiger partial charge on any atom is 0.354 e. The van der Waals surface area contributed by atoms with Gasteiger partial charge in [0.05, 0.1) is 18.5 Å². The molecule has 0 spiro atoms. The first-order valence-corrected chi connectivity index (χ1v) is 10.9. The van der Waals surface area contributed by atoms with Crippen molar-refractivity contribution in [3.05, 3.63) is 53.5 Å². The smallest absolute Gasteiger partial charge is 0.354 e. The van der Waals surface area contributed by atoms with Gasteiger partial charge in [-0.25, -0.2) is 9.78 Å². The third kappa shape index (κ3) is 5.03. The molecule has 180 valence electrons. The summed E-state index contributed by atoms with van der Waals surface area (Å²) >= 11 is 0. The number of methoxy groups -OCH3 is 1. The van der Waals surface area contributed by atoms with Gasteiger partial charge >= 0.3 is 5.97 Å². The fourth-order valence-corrected chi connectivity index (χ4v) is 3.58. The molecule has 3 aromatic rings. The minimum absolute atomic E-state index is 0.0204. The van der Waals surface area contributed by atoms with Gasteiger partial charge in [-0.1, -0.05) is 12.1 Å². The zero-order valence-corrected chi connectivity index (χ0v) is 19.4. The highest BCUT2D eigenvalue weighted by Gasteiger charge is 2.30. The molecule has 0 saturated heterocycles. The number of hydrogen-bond donors (Lipinski definition) is 4. The average Bonchev–Trinajstić information content (AvgIpc) is 3.69. The summed E-state index contributed by atoms with van der Waals surface area (Å²) in [5.74, 6) is -1.06. The molecule has 0 unspecified atom stereocenters. The summed E-state index contributed by atoms with van der Waals surface area (Å²) in [4.78, 5) is 39.9. The quantitative estimate of drug-likeness (QED) is 0.384. The number of carboxylic acids is 1. The molecular formula is C24H24N6O5. The van der Waals surface area contributed by atoms with Crippen molar-refractivity contribution >= 4 is 35.0 Å². The van der Waals surface area contributed by atoms with Crippen LogP contribution >= 0.6 is 0 Å². The first kappa shape index (κ1) is 23.6. The van der Waals surface area contributed by atoms with Crippen LogP contribution in [0.25, 0.3) is 11.1 Å². The summed E-state index contributed by atoms with van der Waals surface area (Å²) in [6, 6.07) is 8.39. The zero-order valence-electron chi connectivity index (χ0n) is 19.4. The van der Waals surface area contributed by atoms with E-state index in [1.807, 2.05) is 6.07 Å². The van der Waals surface area contributed by atoms with Crippen molar-refractivity contribution < 1.29 is 24.2 Å². The predicted molar refractivity (Wildman–Crippen MR) is 128 cm³/mol. The number of nitrogens with zero attached hydrogens (tertiary/aromatic N) is 3. The number of aromatic carboxylic acids is 1. The van der Waals surface area contributed by atoms with Gasteiger partial charge in [-0.2, -0.15) is 0 Å². The van der Waals surface area contributed by atoms with Gasteiger partial charge in [-0.05, 0) is 37.5 Å². The monoisotopic (exact) mass is 476 g/mol. The molecule has 0 radical (unpaired) electrons. The number of aromatic nitrogens is 3. The summed E-state index contributed by atoms with van der Waals surface area (Å²) in [7, 11) is 2.98. The third-order valence-corrected chi connectivity index (χ3v) is 5.54. The number of aryl methyl sites for hydroxylation is 1. The number of carbonyl (C=O) groups excluding carboxylic acids is 2. The third-order valence-electron chi connectivity index (χ3n) is 5.54. The Hall–Kier alpha value is -4.54. The number of anilines is 3. The Morgan fingerprint density at radius 1 is 1.09 bits per heavy atom. The van der Waals surface area contributed by atoms with E-state index in [9.17, 15) is 19.5 Å². The molecule has 35 heavy (non-hydrogen) atoms. The molecule has 0 aliphatic heterocycles. The van der Waals surface area contributed by atoms with Gasteiger partial charge < -0.3 is 25.8 Å². The molecule has 1 saturated carbocycles. The van der Waals surface area contributed by atoms with Crippen LogP contribution in [-0.4, -0.2) is 52.2 Å². The second kappa shape index (κ2) is 9.75. The molecule has 4 N–H and O–H groups in total. The van der Waals surface area contributed by atoms with Crippen LogP contribution in [0.3, 0.4) is 0 Å². The lowest BCUT2D eigenvalue weighted by molar-refractivity contribution is -0.117. The van der Waals surface area contributed by atoms with Gasteiger partial charge in [-0.15, -0.1) is 10.2 Å². The van der Waals surface area contributed by atoms with Crippen molar-refractivity contribution in [2.75, 3.05) is 24.8 Å². The van der Waals surface area contributed by atoms with E-state index in [0.29, 0.717) is 33.8 Å². The summed E-state index contributed by atoms with van der Waals surface area (Å²) in [5, 5.41) is 25.6. The van der Waals surface area contributed by atoms with Gasteiger partial charge in [0.25, 0.3) is 5.91 Å². The summed E-state index contributed by atoms with van der Waals surface area (Å²) in [6.45, 7) is 1.79. The number of carbonyl (C=O) groups is 3. The van der Waals surface area contributed by atoms with Crippen molar-refractivity contribution in [2.24, 2.45) is 5.92 Å². The Labute approximate surface area is 200 Å². The first-order chi connectivity index (χ1) is 16.8. The van der Waals surface area contributed by atoms with E-state index in [1.165, 1.54) is 26.4 Å². The topological polar surface area (TPSA) is 155 Å². The molecule has 0 atom stereocenters. The summed E-state index contributed by atoms with van der Waals surface area (Å²) < 4.78 is 5.68. The fraction of sp³-hybridized carbons (Fsp3) is 0.250. The van der Waals surface area contributed by atoms with Gasteiger partial charge in [0.15, 0.2) is 11.5 Å². The Bertz CT molecular complexity index is 1320. The molecule has 2 aromatic heterocycles. The number of amides is 2.